The summed E-state index contributed by atoms with van der Waals surface area (Å²) in [6.07, 6.45) is 2.62. The van der Waals surface area contributed by atoms with Crippen LogP contribution in [0.25, 0.3) is 0 Å². The number of rotatable bonds is 8. The SMILES string of the molecule is CCCc1ccc(C2(C)NC(=O)N(CCCC(=O)OCC)C2=O)cc1. The number of ether oxygens (including phenoxy) is 1. The monoisotopic (exact) mass is 346 g/mol. The van der Waals surface area contributed by atoms with E-state index in [1.165, 1.54) is 10.5 Å². The van der Waals surface area contributed by atoms with Crippen molar-refractivity contribution in [2.24, 2.45) is 0 Å². The maximum atomic E-state index is 12.8. The minimum absolute atomic E-state index is 0.188. The van der Waals surface area contributed by atoms with Crippen LogP contribution in [0.4, 0.5) is 4.79 Å². The Hall–Kier alpha value is -2.37. The van der Waals surface area contributed by atoms with Crippen LogP contribution < -0.4 is 5.32 Å². The van der Waals surface area contributed by atoms with Gasteiger partial charge in [0.05, 0.1) is 6.61 Å². The van der Waals surface area contributed by atoms with Crippen LogP contribution in [0.5, 0.6) is 0 Å². The third-order valence-electron chi connectivity index (χ3n) is 4.41. The number of imide groups is 1. The van der Waals surface area contributed by atoms with Crippen molar-refractivity contribution in [3.63, 3.8) is 0 Å². The van der Waals surface area contributed by atoms with Crippen molar-refractivity contribution in [3.8, 4) is 0 Å². The molecule has 0 aromatic heterocycles. The highest BCUT2D eigenvalue weighted by Crippen LogP contribution is 2.29. The third-order valence-corrected chi connectivity index (χ3v) is 4.41. The lowest BCUT2D eigenvalue weighted by molar-refractivity contribution is -0.143. The first-order valence-corrected chi connectivity index (χ1v) is 8.81. The molecule has 0 aliphatic carbocycles. The van der Waals surface area contributed by atoms with E-state index in [2.05, 4.69) is 12.2 Å². The zero-order valence-electron chi connectivity index (χ0n) is 15.1. The molecule has 1 saturated heterocycles. The molecule has 6 heteroatoms. The number of urea groups is 1. The van der Waals surface area contributed by atoms with Crippen LogP contribution in [0.3, 0.4) is 0 Å². The van der Waals surface area contributed by atoms with Crippen molar-refractivity contribution in [2.75, 3.05) is 13.2 Å². The molecule has 3 amide bonds. The molecule has 0 radical (unpaired) electrons. The largest absolute Gasteiger partial charge is 0.466 e. The smallest absolute Gasteiger partial charge is 0.325 e. The predicted octanol–water partition coefficient (Wildman–Crippen LogP) is 2.75. The molecular formula is C19H26N2O4. The molecule has 136 valence electrons. The molecule has 6 nitrogen and oxygen atoms in total. The standard InChI is InChI=1S/C19H26N2O4/c1-4-7-14-9-11-15(12-10-14)19(3)17(23)21(18(24)20-19)13-6-8-16(22)25-5-2/h9-12H,4-8,13H2,1-3H3,(H,20,24). The Labute approximate surface area is 148 Å². The van der Waals surface area contributed by atoms with E-state index in [4.69, 9.17) is 4.74 Å². The molecule has 25 heavy (non-hydrogen) atoms. The number of hydrogen-bond acceptors (Lipinski definition) is 4. The van der Waals surface area contributed by atoms with E-state index in [0.29, 0.717) is 13.0 Å². The molecule has 1 fully saturated rings. The van der Waals surface area contributed by atoms with E-state index in [-0.39, 0.29) is 24.8 Å². The fourth-order valence-electron chi connectivity index (χ4n) is 3.00. The molecule has 0 saturated carbocycles. The van der Waals surface area contributed by atoms with Crippen molar-refractivity contribution >= 4 is 17.9 Å². The normalized spacial score (nSPS) is 19.9. The molecule has 1 aliphatic rings. The Morgan fingerprint density at radius 3 is 2.48 bits per heavy atom. The fourth-order valence-corrected chi connectivity index (χ4v) is 3.00. The maximum Gasteiger partial charge on any atom is 0.325 e. The minimum atomic E-state index is -1.06. The van der Waals surface area contributed by atoms with E-state index in [1.807, 2.05) is 24.3 Å². The quantitative estimate of drug-likeness (QED) is 0.580. The van der Waals surface area contributed by atoms with Gasteiger partial charge < -0.3 is 10.1 Å². The Bertz CT molecular complexity index is 641. The Morgan fingerprint density at radius 2 is 1.88 bits per heavy atom. The first kappa shape index (κ1) is 19.0. The first-order valence-electron chi connectivity index (χ1n) is 8.81. The van der Waals surface area contributed by atoms with Gasteiger partial charge in [0.1, 0.15) is 5.54 Å². The van der Waals surface area contributed by atoms with Crippen LogP contribution in [0, 0.1) is 0 Å². The molecule has 1 aromatic rings. The van der Waals surface area contributed by atoms with Crippen molar-refractivity contribution in [1.29, 1.82) is 0 Å². The van der Waals surface area contributed by atoms with E-state index in [0.717, 1.165) is 18.4 Å². The van der Waals surface area contributed by atoms with E-state index in [1.54, 1.807) is 13.8 Å². The third kappa shape index (κ3) is 4.18. The van der Waals surface area contributed by atoms with Gasteiger partial charge in [-0.3, -0.25) is 14.5 Å². The molecule has 0 spiro atoms. The first-order chi connectivity index (χ1) is 11.9. The molecular weight excluding hydrogens is 320 g/mol. The van der Waals surface area contributed by atoms with Gasteiger partial charge in [-0.2, -0.15) is 0 Å². The van der Waals surface area contributed by atoms with E-state index >= 15 is 0 Å². The Morgan fingerprint density at radius 1 is 1.20 bits per heavy atom. The Kier molecular flexibility index (Phi) is 6.17. The zero-order valence-corrected chi connectivity index (χ0v) is 15.1. The van der Waals surface area contributed by atoms with Gasteiger partial charge in [0.25, 0.3) is 5.91 Å². The van der Waals surface area contributed by atoms with Crippen molar-refractivity contribution in [1.82, 2.24) is 10.2 Å². The number of hydrogen-bond donors (Lipinski definition) is 1. The second kappa shape index (κ2) is 8.14. The molecule has 1 unspecified atom stereocenters. The lowest BCUT2D eigenvalue weighted by Crippen LogP contribution is -2.41. The van der Waals surface area contributed by atoms with Crippen molar-refractivity contribution in [3.05, 3.63) is 35.4 Å². The second-order valence-electron chi connectivity index (χ2n) is 6.37. The average Bonchev–Trinajstić information content (AvgIpc) is 2.80. The van der Waals surface area contributed by atoms with Crippen molar-refractivity contribution < 1.29 is 19.1 Å². The minimum Gasteiger partial charge on any atom is -0.466 e. The van der Waals surface area contributed by atoms with Crippen LogP contribution in [-0.2, 0) is 26.3 Å². The summed E-state index contributed by atoms with van der Waals surface area (Å²) in [5.41, 5.74) is 0.905. The summed E-state index contributed by atoms with van der Waals surface area (Å²) in [4.78, 5) is 37.6. The van der Waals surface area contributed by atoms with Crippen LogP contribution in [-0.4, -0.2) is 36.0 Å². The fraction of sp³-hybridized carbons (Fsp3) is 0.526. The molecule has 1 heterocycles. The van der Waals surface area contributed by atoms with Crippen LogP contribution >= 0.6 is 0 Å². The summed E-state index contributed by atoms with van der Waals surface area (Å²) in [7, 11) is 0. The summed E-state index contributed by atoms with van der Waals surface area (Å²) >= 11 is 0. The van der Waals surface area contributed by atoms with Gasteiger partial charge in [-0.05, 0) is 37.8 Å². The summed E-state index contributed by atoms with van der Waals surface area (Å²) < 4.78 is 4.86. The van der Waals surface area contributed by atoms with Crippen molar-refractivity contribution in [2.45, 2.75) is 52.0 Å². The van der Waals surface area contributed by atoms with Crippen LogP contribution in [0.2, 0.25) is 0 Å². The highest BCUT2D eigenvalue weighted by atomic mass is 16.5. The number of amides is 3. The lowest BCUT2D eigenvalue weighted by Gasteiger charge is -2.22. The number of esters is 1. The molecule has 1 aliphatic heterocycles. The maximum absolute atomic E-state index is 12.8. The van der Waals surface area contributed by atoms with Gasteiger partial charge in [-0.15, -0.1) is 0 Å². The van der Waals surface area contributed by atoms with Gasteiger partial charge in [-0.25, -0.2) is 4.79 Å². The highest BCUT2D eigenvalue weighted by molar-refractivity contribution is 6.07. The van der Waals surface area contributed by atoms with E-state index < -0.39 is 11.6 Å². The predicted molar refractivity (Wildman–Crippen MR) is 93.9 cm³/mol. The number of aryl methyl sites for hydroxylation is 1. The molecule has 1 atom stereocenters. The summed E-state index contributed by atoms with van der Waals surface area (Å²) in [6, 6.07) is 7.35. The molecule has 1 N–H and O–H groups in total. The van der Waals surface area contributed by atoms with Crippen LogP contribution in [0.15, 0.2) is 24.3 Å². The van der Waals surface area contributed by atoms with E-state index in [9.17, 15) is 14.4 Å². The van der Waals surface area contributed by atoms with Gasteiger partial charge in [0.2, 0.25) is 0 Å². The van der Waals surface area contributed by atoms with Crippen LogP contribution in [0.1, 0.15) is 51.2 Å². The molecule has 1 aromatic carbocycles. The number of nitrogens with zero attached hydrogens (tertiary/aromatic N) is 1. The zero-order chi connectivity index (χ0) is 18.4. The topological polar surface area (TPSA) is 75.7 Å². The number of nitrogens with one attached hydrogen (secondary N) is 1. The number of benzene rings is 1. The number of carbonyl (C=O) groups excluding carboxylic acids is 3. The summed E-state index contributed by atoms with van der Waals surface area (Å²) in [5.74, 6) is -0.603. The molecule has 0 bridgehead atoms. The highest BCUT2D eigenvalue weighted by Gasteiger charge is 2.48. The second-order valence-corrected chi connectivity index (χ2v) is 6.37. The Balaban J connectivity index is 2.04. The lowest BCUT2D eigenvalue weighted by atomic mass is 9.91. The van der Waals surface area contributed by atoms with Gasteiger partial charge in [0.15, 0.2) is 0 Å². The molecule has 2 rings (SSSR count). The summed E-state index contributed by atoms with van der Waals surface area (Å²) in [5, 5.41) is 2.78. The number of carbonyl (C=O) groups is 3. The van der Waals surface area contributed by atoms with Gasteiger partial charge in [-0.1, -0.05) is 37.6 Å². The average molecular weight is 346 g/mol. The van der Waals surface area contributed by atoms with Gasteiger partial charge >= 0.3 is 12.0 Å². The summed E-state index contributed by atoms with van der Waals surface area (Å²) in [6.45, 7) is 6.10. The van der Waals surface area contributed by atoms with Gasteiger partial charge in [0, 0.05) is 13.0 Å².